The Kier molecular flexibility index (Phi) is 4.32. The molecule has 0 radical (unpaired) electrons. The van der Waals surface area contributed by atoms with Crippen molar-refractivity contribution < 1.29 is 4.79 Å². The number of nitrogens with one attached hydrogen (secondary N) is 1. The minimum Gasteiger partial charge on any atom is -0.352 e. The summed E-state index contributed by atoms with van der Waals surface area (Å²) in [7, 11) is 0. The first-order valence-corrected chi connectivity index (χ1v) is 4.42. The van der Waals surface area contributed by atoms with E-state index in [1.54, 1.807) is 0 Å². The molecular formula is C9H16ClNO. The fourth-order valence-corrected chi connectivity index (χ4v) is 0.652. The molecule has 0 saturated carbocycles. The number of halogens is 1. The van der Waals surface area contributed by atoms with Crippen LogP contribution in [0.3, 0.4) is 0 Å². The normalized spacial score (nSPS) is 11.0. The molecule has 0 aromatic carbocycles. The standard InChI is InChI=1S/C9H16ClNO/c1-7(2)5-11-8(12)9(3,4)6-10/h1,5-6H2,2-4H3,(H,11,12). The van der Waals surface area contributed by atoms with Crippen molar-refractivity contribution in [1.82, 2.24) is 5.32 Å². The largest absolute Gasteiger partial charge is 0.352 e. The van der Waals surface area contributed by atoms with Crippen molar-refractivity contribution in [2.24, 2.45) is 5.41 Å². The van der Waals surface area contributed by atoms with Gasteiger partial charge in [0.05, 0.1) is 5.41 Å². The monoisotopic (exact) mass is 189 g/mol. The highest BCUT2D eigenvalue weighted by molar-refractivity contribution is 6.19. The first-order chi connectivity index (χ1) is 5.40. The quantitative estimate of drug-likeness (QED) is 0.532. The molecule has 0 aliphatic heterocycles. The van der Waals surface area contributed by atoms with Gasteiger partial charge in [0.1, 0.15) is 0 Å². The van der Waals surface area contributed by atoms with Crippen molar-refractivity contribution in [2.75, 3.05) is 12.4 Å². The molecule has 1 amide bonds. The lowest BCUT2D eigenvalue weighted by molar-refractivity contribution is -0.128. The molecule has 0 unspecified atom stereocenters. The highest BCUT2D eigenvalue weighted by Gasteiger charge is 2.25. The third kappa shape index (κ3) is 3.77. The van der Waals surface area contributed by atoms with E-state index in [9.17, 15) is 4.79 Å². The lowest BCUT2D eigenvalue weighted by atomic mass is 9.95. The predicted molar refractivity (Wildman–Crippen MR) is 52.3 cm³/mol. The van der Waals surface area contributed by atoms with Crippen LogP contribution in [-0.4, -0.2) is 18.3 Å². The van der Waals surface area contributed by atoms with Gasteiger partial charge < -0.3 is 5.32 Å². The summed E-state index contributed by atoms with van der Waals surface area (Å²) in [6, 6.07) is 0. The Morgan fingerprint density at radius 1 is 1.58 bits per heavy atom. The van der Waals surface area contributed by atoms with Gasteiger partial charge in [0, 0.05) is 12.4 Å². The van der Waals surface area contributed by atoms with E-state index in [1.807, 2.05) is 20.8 Å². The Morgan fingerprint density at radius 3 is 2.42 bits per heavy atom. The Bertz CT molecular complexity index is 187. The van der Waals surface area contributed by atoms with Crippen molar-refractivity contribution >= 4 is 17.5 Å². The van der Waals surface area contributed by atoms with E-state index in [0.29, 0.717) is 12.4 Å². The Balaban J connectivity index is 3.96. The summed E-state index contributed by atoms with van der Waals surface area (Å²) in [6.45, 7) is 9.71. The van der Waals surface area contributed by atoms with Crippen LogP contribution in [0, 0.1) is 5.41 Å². The zero-order valence-corrected chi connectivity index (χ0v) is 8.66. The number of alkyl halides is 1. The molecule has 0 aromatic heterocycles. The zero-order valence-electron chi connectivity index (χ0n) is 7.91. The highest BCUT2D eigenvalue weighted by atomic mass is 35.5. The van der Waals surface area contributed by atoms with Gasteiger partial charge in [-0.3, -0.25) is 4.79 Å². The van der Waals surface area contributed by atoms with Gasteiger partial charge in [-0.2, -0.15) is 0 Å². The molecule has 0 heterocycles. The zero-order chi connectivity index (χ0) is 9.78. The summed E-state index contributed by atoms with van der Waals surface area (Å²) in [5.41, 5.74) is 0.450. The first-order valence-electron chi connectivity index (χ1n) is 3.89. The third-order valence-corrected chi connectivity index (χ3v) is 2.17. The number of carbonyl (C=O) groups excluding carboxylic acids is 1. The van der Waals surface area contributed by atoms with Gasteiger partial charge in [-0.25, -0.2) is 0 Å². The second-order valence-electron chi connectivity index (χ2n) is 3.66. The van der Waals surface area contributed by atoms with E-state index in [4.69, 9.17) is 11.6 Å². The summed E-state index contributed by atoms with van der Waals surface area (Å²) in [6.07, 6.45) is 0. The molecule has 2 nitrogen and oxygen atoms in total. The molecule has 3 heteroatoms. The van der Waals surface area contributed by atoms with Crippen LogP contribution in [-0.2, 0) is 4.79 Å². The molecule has 0 aliphatic carbocycles. The molecule has 12 heavy (non-hydrogen) atoms. The Hall–Kier alpha value is -0.500. The van der Waals surface area contributed by atoms with Gasteiger partial charge in [-0.15, -0.1) is 11.6 Å². The summed E-state index contributed by atoms with van der Waals surface area (Å²) in [5, 5.41) is 2.75. The summed E-state index contributed by atoms with van der Waals surface area (Å²) in [5.74, 6) is 0.301. The summed E-state index contributed by atoms with van der Waals surface area (Å²) < 4.78 is 0. The Morgan fingerprint density at radius 2 is 2.08 bits per heavy atom. The van der Waals surface area contributed by atoms with Crippen LogP contribution in [0.1, 0.15) is 20.8 Å². The molecule has 0 rings (SSSR count). The number of hydrogen-bond donors (Lipinski definition) is 1. The fraction of sp³-hybridized carbons (Fsp3) is 0.667. The van der Waals surface area contributed by atoms with Crippen molar-refractivity contribution in [3.05, 3.63) is 12.2 Å². The van der Waals surface area contributed by atoms with Gasteiger partial charge in [0.2, 0.25) is 5.91 Å². The third-order valence-electron chi connectivity index (χ3n) is 1.50. The van der Waals surface area contributed by atoms with Crippen LogP contribution < -0.4 is 5.32 Å². The molecule has 0 saturated heterocycles. The molecule has 1 N–H and O–H groups in total. The molecule has 0 aromatic rings. The van der Waals surface area contributed by atoms with Crippen LogP contribution in [0.4, 0.5) is 0 Å². The molecule has 0 atom stereocenters. The van der Waals surface area contributed by atoms with Crippen molar-refractivity contribution in [3.63, 3.8) is 0 Å². The second-order valence-corrected chi connectivity index (χ2v) is 3.92. The number of hydrogen-bond acceptors (Lipinski definition) is 1. The van der Waals surface area contributed by atoms with Crippen molar-refractivity contribution in [2.45, 2.75) is 20.8 Å². The molecule has 0 bridgehead atoms. The summed E-state index contributed by atoms with van der Waals surface area (Å²) in [4.78, 5) is 11.4. The lowest BCUT2D eigenvalue weighted by Crippen LogP contribution is -2.38. The van der Waals surface area contributed by atoms with Crippen LogP contribution in [0.15, 0.2) is 12.2 Å². The number of carbonyl (C=O) groups is 1. The predicted octanol–water partition coefficient (Wildman–Crippen LogP) is 1.94. The highest BCUT2D eigenvalue weighted by Crippen LogP contribution is 2.16. The van der Waals surface area contributed by atoms with Gasteiger partial charge >= 0.3 is 0 Å². The maximum absolute atomic E-state index is 11.4. The Labute approximate surface area is 79.0 Å². The average molecular weight is 190 g/mol. The first kappa shape index (κ1) is 11.5. The maximum Gasteiger partial charge on any atom is 0.227 e. The van der Waals surface area contributed by atoms with E-state index in [1.165, 1.54) is 0 Å². The van der Waals surface area contributed by atoms with Crippen molar-refractivity contribution in [1.29, 1.82) is 0 Å². The van der Waals surface area contributed by atoms with Crippen molar-refractivity contribution in [3.8, 4) is 0 Å². The van der Waals surface area contributed by atoms with Crippen LogP contribution in [0.5, 0.6) is 0 Å². The minimum absolute atomic E-state index is 0.0273. The van der Waals surface area contributed by atoms with Crippen LogP contribution in [0.2, 0.25) is 0 Å². The van der Waals surface area contributed by atoms with Crippen LogP contribution in [0.25, 0.3) is 0 Å². The molecular weight excluding hydrogens is 174 g/mol. The molecule has 0 fully saturated rings. The van der Waals surface area contributed by atoms with E-state index in [-0.39, 0.29) is 5.91 Å². The van der Waals surface area contributed by atoms with Gasteiger partial charge in [0.25, 0.3) is 0 Å². The lowest BCUT2D eigenvalue weighted by Gasteiger charge is -2.20. The fourth-order valence-electron chi connectivity index (χ4n) is 0.531. The van der Waals surface area contributed by atoms with Gasteiger partial charge in [-0.1, -0.05) is 12.2 Å². The van der Waals surface area contributed by atoms with Crippen LogP contribution >= 0.6 is 11.6 Å². The molecule has 0 spiro atoms. The van der Waals surface area contributed by atoms with E-state index in [0.717, 1.165) is 5.57 Å². The van der Waals surface area contributed by atoms with E-state index >= 15 is 0 Å². The van der Waals surface area contributed by atoms with E-state index in [2.05, 4.69) is 11.9 Å². The SMILES string of the molecule is C=C(C)CNC(=O)C(C)(C)CCl. The van der Waals surface area contributed by atoms with Gasteiger partial charge in [-0.05, 0) is 20.8 Å². The average Bonchev–Trinajstić information content (AvgIpc) is 2.00. The van der Waals surface area contributed by atoms with Gasteiger partial charge in [0.15, 0.2) is 0 Å². The maximum atomic E-state index is 11.4. The minimum atomic E-state index is -0.489. The number of amides is 1. The second kappa shape index (κ2) is 4.51. The molecule has 0 aliphatic rings. The topological polar surface area (TPSA) is 29.1 Å². The number of rotatable bonds is 4. The molecule has 70 valence electrons. The smallest absolute Gasteiger partial charge is 0.227 e. The van der Waals surface area contributed by atoms with E-state index < -0.39 is 5.41 Å². The summed E-state index contributed by atoms with van der Waals surface area (Å²) >= 11 is 5.62.